The molecule has 18 heavy (non-hydrogen) atoms. The summed E-state index contributed by atoms with van der Waals surface area (Å²) >= 11 is 14.2. The standard InChI is InChI=1S/C14H19Cl2NS/c1-2-18-14-5-3-4-13(14)17-9-10-8-11(15)6-7-12(10)16/h6-8,13-14,17H,2-5,9H2,1H3. The zero-order valence-corrected chi connectivity index (χ0v) is 12.9. The van der Waals surface area contributed by atoms with Crippen molar-refractivity contribution in [2.24, 2.45) is 0 Å². The molecule has 1 aliphatic rings. The Balaban J connectivity index is 1.92. The van der Waals surface area contributed by atoms with Gasteiger partial charge in [0.05, 0.1) is 0 Å². The Labute approximate surface area is 124 Å². The van der Waals surface area contributed by atoms with E-state index < -0.39 is 0 Å². The highest BCUT2D eigenvalue weighted by Gasteiger charge is 2.26. The fourth-order valence-corrected chi connectivity index (χ4v) is 4.10. The zero-order chi connectivity index (χ0) is 13.0. The van der Waals surface area contributed by atoms with E-state index in [9.17, 15) is 0 Å². The molecule has 2 atom stereocenters. The van der Waals surface area contributed by atoms with Crippen LogP contribution in [0.5, 0.6) is 0 Å². The second-order valence-corrected chi connectivity index (χ2v) is 7.01. The summed E-state index contributed by atoms with van der Waals surface area (Å²) in [5.74, 6) is 1.20. The minimum Gasteiger partial charge on any atom is -0.309 e. The van der Waals surface area contributed by atoms with E-state index in [1.807, 2.05) is 18.2 Å². The van der Waals surface area contributed by atoms with Gasteiger partial charge in [-0.25, -0.2) is 0 Å². The molecule has 1 fully saturated rings. The van der Waals surface area contributed by atoms with E-state index in [4.69, 9.17) is 23.2 Å². The van der Waals surface area contributed by atoms with Gasteiger partial charge in [-0.3, -0.25) is 0 Å². The molecule has 0 bridgehead atoms. The Bertz CT molecular complexity index is 397. The molecule has 1 aromatic carbocycles. The molecule has 1 nitrogen and oxygen atoms in total. The highest BCUT2D eigenvalue weighted by atomic mass is 35.5. The van der Waals surface area contributed by atoms with Gasteiger partial charge in [0, 0.05) is 27.9 Å². The van der Waals surface area contributed by atoms with Gasteiger partial charge < -0.3 is 5.32 Å². The first-order valence-electron chi connectivity index (χ1n) is 6.49. The van der Waals surface area contributed by atoms with Crippen molar-refractivity contribution in [3.8, 4) is 0 Å². The largest absolute Gasteiger partial charge is 0.309 e. The normalized spacial score (nSPS) is 23.5. The average molecular weight is 304 g/mol. The molecule has 0 amide bonds. The quantitative estimate of drug-likeness (QED) is 0.842. The van der Waals surface area contributed by atoms with Gasteiger partial charge >= 0.3 is 0 Å². The number of nitrogens with one attached hydrogen (secondary N) is 1. The van der Waals surface area contributed by atoms with Gasteiger partial charge in [-0.1, -0.05) is 36.5 Å². The maximum Gasteiger partial charge on any atom is 0.0451 e. The van der Waals surface area contributed by atoms with Gasteiger partial charge in [0.2, 0.25) is 0 Å². The fourth-order valence-electron chi connectivity index (χ4n) is 2.49. The van der Waals surface area contributed by atoms with E-state index in [-0.39, 0.29) is 0 Å². The molecule has 1 aromatic rings. The Morgan fingerprint density at radius 2 is 2.17 bits per heavy atom. The highest BCUT2D eigenvalue weighted by Crippen LogP contribution is 2.30. The van der Waals surface area contributed by atoms with Crippen LogP contribution in [0.2, 0.25) is 10.0 Å². The first-order valence-corrected chi connectivity index (χ1v) is 8.30. The Kier molecular flexibility index (Phi) is 5.68. The van der Waals surface area contributed by atoms with Crippen molar-refractivity contribution in [2.75, 3.05) is 5.75 Å². The lowest BCUT2D eigenvalue weighted by Gasteiger charge is -2.20. The van der Waals surface area contributed by atoms with Crippen molar-refractivity contribution in [1.29, 1.82) is 0 Å². The van der Waals surface area contributed by atoms with Crippen molar-refractivity contribution in [2.45, 2.75) is 44.0 Å². The third kappa shape index (κ3) is 3.80. The number of halogens is 2. The van der Waals surface area contributed by atoms with Crippen LogP contribution in [-0.4, -0.2) is 17.0 Å². The predicted molar refractivity (Wildman–Crippen MR) is 82.9 cm³/mol. The molecule has 0 aliphatic heterocycles. The highest BCUT2D eigenvalue weighted by molar-refractivity contribution is 7.99. The molecule has 0 heterocycles. The summed E-state index contributed by atoms with van der Waals surface area (Å²) < 4.78 is 0. The second kappa shape index (κ2) is 7.04. The summed E-state index contributed by atoms with van der Waals surface area (Å²) in [6, 6.07) is 6.27. The van der Waals surface area contributed by atoms with Crippen molar-refractivity contribution < 1.29 is 0 Å². The zero-order valence-electron chi connectivity index (χ0n) is 10.6. The van der Waals surface area contributed by atoms with Crippen LogP contribution in [0.3, 0.4) is 0 Å². The lowest BCUT2D eigenvalue weighted by Crippen LogP contribution is -2.33. The van der Waals surface area contributed by atoms with Gasteiger partial charge in [0.1, 0.15) is 0 Å². The van der Waals surface area contributed by atoms with Crippen LogP contribution in [0.25, 0.3) is 0 Å². The molecule has 4 heteroatoms. The molecule has 100 valence electrons. The summed E-state index contributed by atoms with van der Waals surface area (Å²) in [7, 11) is 0. The van der Waals surface area contributed by atoms with Crippen molar-refractivity contribution in [1.82, 2.24) is 5.32 Å². The first-order chi connectivity index (χ1) is 8.70. The summed E-state index contributed by atoms with van der Waals surface area (Å²) in [5, 5.41) is 5.94. The third-order valence-corrected chi connectivity index (χ3v) is 5.33. The summed E-state index contributed by atoms with van der Waals surface area (Å²) in [4.78, 5) is 0. The smallest absolute Gasteiger partial charge is 0.0451 e. The Morgan fingerprint density at radius 1 is 1.33 bits per heavy atom. The maximum atomic E-state index is 6.18. The molecular weight excluding hydrogens is 285 g/mol. The van der Waals surface area contributed by atoms with Crippen LogP contribution in [-0.2, 0) is 6.54 Å². The van der Waals surface area contributed by atoms with Crippen molar-refractivity contribution >= 4 is 35.0 Å². The summed E-state index contributed by atoms with van der Waals surface area (Å²) in [6.45, 7) is 3.04. The Hall–Kier alpha value is 0.110. The average Bonchev–Trinajstić information content (AvgIpc) is 2.78. The van der Waals surface area contributed by atoms with Gasteiger partial charge in [0.15, 0.2) is 0 Å². The molecule has 1 N–H and O–H groups in total. The van der Waals surface area contributed by atoms with E-state index in [1.165, 1.54) is 25.0 Å². The van der Waals surface area contributed by atoms with Gasteiger partial charge in [-0.2, -0.15) is 11.8 Å². The van der Waals surface area contributed by atoms with Gasteiger partial charge in [0.25, 0.3) is 0 Å². The number of hydrogen-bond acceptors (Lipinski definition) is 2. The topological polar surface area (TPSA) is 12.0 Å². The summed E-state index contributed by atoms with van der Waals surface area (Å²) in [6.07, 6.45) is 3.94. The lowest BCUT2D eigenvalue weighted by molar-refractivity contribution is 0.532. The molecule has 0 aromatic heterocycles. The van der Waals surface area contributed by atoms with Crippen molar-refractivity contribution in [3.63, 3.8) is 0 Å². The molecule has 1 aliphatic carbocycles. The monoisotopic (exact) mass is 303 g/mol. The molecule has 0 spiro atoms. The molecule has 0 radical (unpaired) electrons. The van der Waals surface area contributed by atoms with Crippen molar-refractivity contribution in [3.05, 3.63) is 33.8 Å². The third-order valence-electron chi connectivity index (χ3n) is 3.40. The lowest BCUT2D eigenvalue weighted by atomic mass is 10.2. The van der Waals surface area contributed by atoms with Crippen LogP contribution in [0, 0.1) is 0 Å². The van der Waals surface area contributed by atoms with Crippen LogP contribution < -0.4 is 5.32 Å². The van der Waals surface area contributed by atoms with E-state index in [1.54, 1.807) is 0 Å². The van der Waals surface area contributed by atoms with Crippen LogP contribution in [0.1, 0.15) is 31.7 Å². The van der Waals surface area contributed by atoms with Gasteiger partial charge in [-0.15, -0.1) is 0 Å². The van der Waals surface area contributed by atoms with Crippen LogP contribution >= 0.6 is 35.0 Å². The molecule has 0 saturated heterocycles. The van der Waals surface area contributed by atoms with E-state index >= 15 is 0 Å². The molecule has 2 unspecified atom stereocenters. The molecular formula is C14H19Cl2NS. The first kappa shape index (κ1) is 14.5. The number of rotatable bonds is 5. The number of hydrogen-bond donors (Lipinski definition) is 1. The maximum absolute atomic E-state index is 6.18. The minimum absolute atomic E-state index is 0.616. The number of benzene rings is 1. The van der Waals surface area contributed by atoms with E-state index in [0.29, 0.717) is 6.04 Å². The summed E-state index contributed by atoms with van der Waals surface area (Å²) in [5.41, 5.74) is 1.09. The van der Waals surface area contributed by atoms with E-state index in [2.05, 4.69) is 24.0 Å². The van der Waals surface area contributed by atoms with Crippen LogP contribution in [0.15, 0.2) is 18.2 Å². The number of thioether (sulfide) groups is 1. The Morgan fingerprint density at radius 3 is 2.94 bits per heavy atom. The SMILES string of the molecule is CCSC1CCCC1NCc1cc(Cl)ccc1Cl. The minimum atomic E-state index is 0.616. The predicted octanol–water partition coefficient (Wildman–Crippen LogP) is 4.76. The second-order valence-electron chi connectivity index (χ2n) is 4.65. The molecule has 2 rings (SSSR count). The van der Waals surface area contributed by atoms with Crippen LogP contribution in [0.4, 0.5) is 0 Å². The van der Waals surface area contributed by atoms with E-state index in [0.717, 1.165) is 27.4 Å². The molecule has 1 saturated carbocycles. The fraction of sp³-hybridized carbons (Fsp3) is 0.571. The van der Waals surface area contributed by atoms with Gasteiger partial charge in [-0.05, 0) is 42.4 Å².